The highest BCUT2D eigenvalue weighted by molar-refractivity contribution is 5.89. The van der Waals surface area contributed by atoms with Gasteiger partial charge in [-0.15, -0.1) is 4.99 Å². The van der Waals surface area contributed by atoms with Crippen LogP contribution in [-0.4, -0.2) is 76.9 Å². The number of rotatable bonds is 3. The third-order valence-electron chi connectivity index (χ3n) is 7.42. The molecule has 2 fully saturated rings. The highest BCUT2D eigenvalue weighted by Crippen LogP contribution is 2.31. The van der Waals surface area contributed by atoms with Crippen molar-refractivity contribution in [1.29, 1.82) is 10.5 Å². The normalized spacial score (nSPS) is 22.5. The van der Waals surface area contributed by atoms with E-state index in [2.05, 4.69) is 11.1 Å². The lowest BCUT2D eigenvalue weighted by Crippen LogP contribution is -2.56. The average molecular weight is 490 g/mol. The first kappa shape index (κ1) is 25.2. The number of hydrogen-bond acceptors (Lipinski definition) is 6. The molecule has 0 radical (unpaired) electrons. The molecule has 0 aliphatic carbocycles. The summed E-state index contributed by atoms with van der Waals surface area (Å²) < 4.78 is 0. The summed E-state index contributed by atoms with van der Waals surface area (Å²) in [7, 11) is 0. The van der Waals surface area contributed by atoms with E-state index in [9.17, 15) is 20.1 Å². The number of aliphatic imine (C=N–C) groups is 1. The van der Waals surface area contributed by atoms with E-state index in [0.29, 0.717) is 44.0 Å². The van der Waals surface area contributed by atoms with Crippen molar-refractivity contribution in [1.82, 2.24) is 20.2 Å². The van der Waals surface area contributed by atoms with Crippen molar-refractivity contribution < 1.29 is 14.8 Å². The van der Waals surface area contributed by atoms with Crippen LogP contribution in [0.3, 0.4) is 0 Å². The van der Waals surface area contributed by atoms with Gasteiger partial charge in [0.05, 0.1) is 23.5 Å². The van der Waals surface area contributed by atoms with Crippen LogP contribution in [0, 0.1) is 41.5 Å². The number of nitrogens with one attached hydrogen (secondary N) is 1. The number of piperidine rings is 1. The molecule has 10 nitrogen and oxygen atoms in total. The zero-order chi connectivity index (χ0) is 25.7. The Labute approximate surface area is 211 Å². The maximum Gasteiger partial charge on any atom is 0.249 e. The number of nitriles is 2. The summed E-state index contributed by atoms with van der Waals surface area (Å²) in [6.45, 7) is 5.27. The van der Waals surface area contributed by atoms with Crippen molar-refractivity contribution in [2.75, 3.05) is 39.3 Å². The van der Waals surface area contributed by atoms with Crippen LogP contribution in [0.4, 0.5) is 0 Å². The van der Waals surface area contributed by atoms with Crippen molar-refractivity contribution in [2.45, 2.75) is 32.6 Å². The Morgan fingerprint density at radius 1 is 1.08 bits per heavy atom. The van der Waals surface area contributed by atoms with Crippen LogP contribution >= 0.6 is 0 Å². The number of amides is 2. The van der Waals surface area contributed by atoms with Crippen LogP contribution in [0.2, 0.25) is 0 Å². The number of carbonyl (C=O) groups excluding carboxylic acids is 2. The highest BCUT2D eigenvalue weighted by atomic mass is 16.5. The first-order valence-electron chi connectivity index (χ1n) is 12.4. The predicted molar refractivity (Wildman–Crippen MR) is 132 cm³/mol. The van der Waals surface area contributed by atoms with Crippen LogP contribution in [-0.2, 0) is 9.59 Å². The van der Waals surface area contributed by atoms with Gasteiger partial charge in [0.25, 0.3) is 0 Å². The minimum absolute atomic E-state index is 0.102. The highest BCUT2D eigenvalue weighted by Gasteiger charge is 2.42. The Morgan fingerprint density at radius 2 is 1.86 bits per heavy atom. The van der Waals surface area contributed by atoms with E-state index >= 15 is 0 Å². The summed E-state index contributed by atoms with van der Waals surface area (Å²) in [5.41, 5.74) is 5.61. The van der Waals surface area contributed by atoms with Gasteiger partial charge in [0, 0.05) is 39.3 Å². The fraction of sp³-hybridized carbons (Fsp3) is 0.500. The number of carbonyl (C=O) groups is 2. The molecule has 0 bridgehead atoms. The van der Waals surface area contributed by atoms with E-state index in [1.165, 1.54) is 0 Å². The van der Waals surface area contributed by atoms with Crippen molar-refractivity contribution in [3.63, 3.8) is 0 Å². The van der Waals surface area contributed by atoms with Gasteiger partial charge in [-0.25, -0.2) is 5.48 Å². The molecule has 1 aromatic carbocycles. The summed E-state index contributed by atoms with van der Waals surface area (Å²) in [6.07, 6.45) is 7.06. The Morgan fingerprint density at radius 3 is 2.47 bits per heavy atom. The fourth-order valence-corrected chi connectivity index (χ4v) is 5.52. The van der Waals surface area contributed by atoms with Gasteiger partial charge in [0.2, 0.25) is 24.0 Å². The zero-order valence-corrected chi connectivity index (χ0v) is 20.5. The lowest BCUT2D eigenvalue weighted by molar-refractivity contribution is -0.147. The van der Waals surface area contributed by atoms with Crippen LogP contribution in [0.1, 0.15) is 42.4 Å². The number of benzene rings is 1. The SMILES string of the molecule is Cc1cc(C#N)ccc1C1=CCN(C(=O)[C@H]2CCN(C(=NC#N)N3CCCC3)C[C@@H]2C(=O)NO)CC1. The molecular formula is C26H31N7O3. The first-order valence-corrected chi connectivity index (χ1v) is 12.4. The minimum atomic E-state index is -0.756. The van der Waals surface area contributed by atoms with Crippen molar-refractivity contribution >= 4 is 23.3 Å². The van der Waals surface area contributed by atoms with Gasteiger partial charge in [-0.05, 0) is 61.4 Å². The topological polar surface area (TPSA) is 136 Å². The van der Waals surface area contributed by atoms with Crippen LogP contribution in [0.5, 0.6) is 0 Å². The number of hydrogen-bond donors (Lipinski definition) is 2. The summed E-state index contributed by atoms with van der Waals surface area (Å²) >= 11 is 0. The number of hydroxylamine groups is 1. The van der Waals surface area contributed by atoms with Gasteiger partial charge in [-0.3, -0.25) is 14.8 Å². The Balaban J connectivity index is 1.47. The molecule has 2 amide bonds. The van der Waals surface area contributed by atoms with E-state index in [1.54, 1.807) is 16.4 Å². The third-order valence-corrected chi connectivity index (χ3v) is 7.42. The first-order chi connectivity index (χ1) is 17.5. The molecule has 10 heteroatoms. The molecule has 3 heterocycles. The van der Waals surface area contributed by atoms with E-state index in [-0.39, 0.29) is 12.5 Å². The fourth-order valence-electron chi connectivity index (χ4n) is 5.52. The van der Waals surface area contributed by atoms with Gasteiger partial charge < -0.3 is 14.7 Å². The molecule has 2 atom stereocenters. The molecule has 36 heavy (non-hydrogen) atoms. The molecular weight excluding hydrogens is 458 g/mol. The summed E-state index contributed by atoms with van der Waals surface area (Å²) in [4.78, 5) is 35.9. The van der Waals surface area contributed by atoms with Crippen LogP contribution < -0.4 is 5.48 Å². The van der Waals surface area contributed by atoms with Crippen molar-refractivity contribution in [2.24, 2.45) is 16.8 Å². The quantitative estimate of drug-likeness (QED) is 0.217. The van der Waals surface area contributed by atoms with E-state index < -0.39 is 17.7 Å². The Bertz CT molecular complexity index is 1160. The second-order valence-electron chi connectivity index (χ2n) is 9.53. The Kier molecular flexibility index (Phi) is 7.87. The summed E-state index contributed by atoms with van der Waals surface area (Å²) in [5, 5.41) is 27.7. The summed E-state index contributed by atoms with van der Waals surface area (Å²) in [5.74, 6) is -1.48. The van der Waals surface area contributed by atoms with E-state index in [4.69, 9.17) is 5.26 Å². The number of nitrogens with zero attached hydrogens (tertiary/aromatic N) is 6. The molecule has 3 aliphatic heterocycles. The molecule has 0 saturated carbocycles. The molecule has 0 spiro atoms. The molecule has 0 aromatic heterocycles. The van der Waals surface area contributed by atoms with Gasteiger partial charge in [0.15, 0.2) is 0 Å². The lowest BCUT2D eigenvalue weighted by Gasteiger charge is -2.41. The zero-order valence-electron chi connectivity index (χ0n) is 20.5. The van der Waals surface area contributed by atoms with Gasteiger partial charge in [-0.1, -0.05) is 12.1 Å². The molecule has 188 valence electrons. The number of guanidine groups is 1. The standard InChI is InChI=1S/C26H31N7O3/c1-18-14-19(15-27)4-5-21(18)20-6-11-31(12-7-20)25(35)22-8-13-33(16-23(22)24(34)30-36)26(29-17-28)32-9-2-3-10-32/h4-6,14,22-23,36H,2-3,7-13,16H2,1H3,(H,30,34)/t22-,23-/m0/s1. The largest absolute Gasteiger partial charge is 0.342 e. The maximum absolute atomic E-state index is 13.5. The second-order valence-corrected chi connectivity index (χ2v) is 9.53. The smallest absolute Gasteiger partial charge is 0.249 e. The second kappa shape index (κ2) is 11.2. The maximum atomic E-state index is 13.5. The number of aryl methyl sites for hydroxylation is 1. The third kappa shape index (κ3) is 5.19. The molecule has 0 unspecified atom stereocenters. The predicted octanol–water partition coefficient (Wildman–Crippen LogP) is 1.86. The van der Waals surface area contributed by atoms with Gasteiger partial charge in [0.1, 0.15) is 0 Å². The molecule has 4 rings (SSSR count). The molecule has 3 aliphatic rings. The summed E-state index contributed by atoms with van der Waals surface area (Å²) in [6, 6.07) is 7.78. The van der Waals surface area contributed by atoms with Crippen molar-refractivity contribution in [3.05, 3.63) is 41.0 Å². The monoisotopic (exact) mass is 489 g/mol. The van der Waals surface area contributed by atoms with E-state index in [0.717, 1.165) is 42.6 Å². The molecule has 2 N–H and O–H groups in total. The minimum Gasteiger partial charge on any atom is -0.342 e. The van der Waals surface area contributed by atoms with Crippen LogP contribution in [0.25, 0.3) is 5.57 Å². The van der Waals surface area contributed by atoms with E-state index in [1.807, 2.05) is 41.1 Å². The van der Waals surface area contributed by atoms with Crippen molar-refractivity contribution in [3.8, 4) is 12.3 Å². The number of likely N-dealkylation sites (tertiary alicyclic amines) is 2. The lowest BCUT2D eigenvalue weighted by atomic mass is 9.83. The average Bonchev–Trinajstić information content (AvgIpc) is 3.45. The molecule has 1 aromatic rings. The van der Waals surface area contributed by atoms with Gasteiger partial charge >= 0.3 is 0 Å². The molecule has 2 saturated heterocycles. The van der Waals surface area contributed by atoms with Gasteiger partial charge in [-0.2, -0.15) is 10.5 Å². The Hall–Kier alpha value is -3.89. The van der Waals surface area contributed by atoms with Crippen LogP contribution in [0.15, 0.2) is 29.3 Å².